The van der Waals surface area contributed by atoms with E-state index in [1.807, 2.05) is 0 Å². The number of unbranched alkanes of at least 4 members (excludes halogenated alkanes) is 19. The molecule has 0 saturated heterocycles. The first-order valence-electron chi connectivity index (χ1n) is 36.4. The van der Waals surface area contributed by atoms with Crippen LogP contribution < -0.4 is 0 Å². The first-order chi connectivity index (χ1) is 46.7. The molecule has 0 bridgehead atoms. The van der Waals surface area contributed by atoms with Gasteiger partial charge in [-0.05, 0) is 148 Å². The average Bonchev–Trinajstić information content (AvgIpc) is 1.17. The Hall–Kier alpha value is -4.80. The lowest BCUT2D eigenvalue weighted by Crippen LogP contribution is -2.30. The molecule has 0 fully saturated rings. The predicted molar refractivity (Wildman–Crippen MR) is 390 cm³/mol. The lowest BCUT2D eigenvalue weighted by molar-refractivity contribution is -0.161. The van der Waals surface area contributed by atoms with Crippen molar-refractivity contribution in [3.63, 3.8) is 0 Å². The number of allylic oxidation sites excluding steroid dienone is 22. The zero-order chi connectivity index (χ0) is 70.4. The molecule has 0 spiro atoms. The van der Waals surface area contributed by atoms with Crippen molar-refractivity contribution in [2.45, 2.75) is 290 Å². The standard InChI is InChI=1S/C77H128O17P2/c1-5-9-13-17-21-25-29-32-34-35-37-40-43-46-50-54-58-62-75(80)88-68-73(94-77(82)64-60-56-52-48-44-38-31-27-23-19-15-11-7-3)70-92-96(85,86)90-66-71(78)65-89-95(83,84)91-69-72(93-76(81)63-59-55-51-47-41-28-24-20-16-12-8-4)67-87-74(79)61-57-53-49-45-42-39-36-33-30-26-22-18-14-10-6-2/h9-10,13-15,19-22,24-27,31-34,36-37,40,42,45,71-73,78H,5-8,11-12,16-18,23,28-30,35,38-39,41,43-44,46-70H2,1-4H3,(H,83,84)(H,85,86)/b13-9-,14-10-,19-15-,24-20-,25-21-,26-22-,31-27-,34-32-,36-33-,40-37-,45-42-. The van der Waals surface area contributed by atoms with Crippen LogP contribution in [-0.2, 0) is 65.4 Å². The number of hydrogen-bond acceptors (Lipinski definition) is 15. The zero-order valence-corrected chi connectivity index (χ0v) is 61.3. The van der Waals surface area contributed by atoms with Crippen molar-refractivity contribution in [2.75, 3.05) is 39.6 Å². The van der Waals surface area contributed by atoms with Crippen LogP contribution in [0.15, 0.2) is 134 Å². The number of hydrogen-bond donors (Lipinski definition) is 3. The molecule has 19 heteroatoms. The van der Waals surface area contributed by atoms with E-state index in [-0.39, 0.29) is 25.7 Å². The topological polar surface area (TPSA) is 237 Å². The molecule has 0 rings (SSSR count). The van der Waals surface area contributed by atoms with E-state index in [0.717, 1.165) is 180 Å². The van der Waals surface area contributed by atoms with Gasteiger partial charge in [0.05, 0.1) is 26.4 Å². The van der Waals surface area contributed by atoms with Gasteiger partial charge < -0.3 is 33.8 Å². The summed E-state index contributed by atoms with van der Waals surface area (Å²) in [6.07, 6.45) is 74.6. The molecular weight excluding hydrogens is 1260 g/mol. The number of esters is 4. The molecule has 0 heterocycles. The minimum atomic E-state index is -4.99. The van der Waals surface area contributed by atoms with E-state index in [4.69, 9.17) is 37.0 Å². The minimum absolute atomic E-state index is 0.0686. The van der Waals surface area contributed by atoms with Gasteiger partial charge in [0.2, 0.25) is 0 Å². The molecule has 96 heavy (non-hydrogen) atoms. The SMILES string of the molecule is CC/C=C\C/C=C\C/C=C\C/C=C\CCCCCCC(=O)OCC(COP(=O)(O)OCC(O)COP(=O)(O)OCC(COC(=O)CCCC/C=C\C/C=C\C/C=C\C/C=C\CC)OC(=O)CCCCCCC/C=C\CCCC)OC(=O)CCCCCCC/C=C\C/C=C\CCC. The Labute approximate surface area is 580 Å². The largest absolute Gasteiger partial charge is 0.472 e. The average molecular weight is 1390 g/mol. The van der Waals surface area contributed by atoms with Gasteiger partial charge in [0.15, 0.2) is 12.2 Å². The van der Waals surface area contributed by atoms with E-state index in [0.29, 0.717) is 25.7 Å². The Morgan fingerprint density at radius 2 is 0.562 bits per heavy atom. The molecule has 0 aliphatic carbocycles. The van der Waals surface area contributed by atoms with Gasteiger partial charge in [-0.2, -0.15) is 0 Å². The summed E-state index contributed by atoms with van der Waals surface area (Å²) in [5.74, 6) is -2.28. The molecule has 0 aromatic rings. The van der Waals surface area contributed by atoms with Crippen LogP contribution in [0.5, 0.6) is 0 Å². The van der Waals surface area contributed by atoms with Gasteiger partial charge in [0.25, 0.3) is 0 Å². The normalized spacial score (nSPS) is 14.8. The molecule has 3 N–H and O–H groups in total. The number of rotatable bonds is 67. The highest BCUT2D eigenvalue weighted by molar-refractivity contribution is 7.47. The highest BCUT2D eigenvalue weighted by Crippen LogP contribution is 2.45. The third kappa shape index (κ3) is 67.8. The molecule has 0 aromatic carbocycles. The molecule has 5 atom stereocenters. The molecule has 0 saturated carbocycles. The zero-order valence-electron chi connectivity index (χ0n) is 59.5. The van der Waals surface area contributed by atoms with Gasteiger partial charge in [-0.25, -0.2) is 9.13 Å². The van der Waals surface area contributed by atoms with Crippen LogP contribution in [0.3, 0.4) is 0 Å². The molecule has 17 nitrogen and oxygen atoms in total. The summed E-state index contributed by atoms with van der Waals surface area (Å²) in [7, 11) is -9.97. The highest BCUT2D eigenvalue weighted by atomic mass is 31.2. The highest BCUT2D eigenvalue weighted by Gasteiger charge is 2.30. The van der Waals surface area contributed by atoms with Crippen molar-refractivity contribution >= 4 is 39.5 Å². The Morgan fingerprint density at radius 3 is 0.906 bits per heavy atom. The van der Waals surface area contributed by atoms with Gasteiger partial charge in [-0.3, -0.25) is 37.3 Å². The molecule has 0 aromatic heterocycles. The van der Waals surface area contributed by atoms with E-state index < -0.39 is 97.5 Å². The third-order valence-corrected chi connectivity index (χ3v) is 16.5. The number of phosphoric acid groups is 2. The van der Waals surface area contributed by atoms with Crippen molar-refractivity contribution in [1.82, 2.24) is 0 Å². The molecule has 0 aliphatic heterocycles. The number of ether oxygens (including phenoxy) is 4. The van der Waals surface area contributed by atoms with Crippen molar-refractivity contribution in [2.24, 2.45) is 0 Å². The minimum Gasteiger partial charge on any atom is -0.462 e. The maximum absolute atomic E-state index is 13.0. The monoisotopic (exact) mass is 1390 g/mol. The van der Waals surface area contributed by atoms with Crippen molar-refractivity contribution in [1.29, 1.82) is 0 Å². The van der Waals surface area contributed by atoms with Crippen LogP contribution in [0.4, 0.5) is 0 Å². The number of phosphoric ester groups is 2. The summed E-state index contributed by atoms with van der Waals surface area (Å²) in [6, 6.07) is 0. The summed E-state index contributed by atoms with van der Waals surface area (Å²) >= 11 is 0. The Morgan fingerprint density at radius 1 is 0.302 bits per heavy atom. The fourth-order valence-corrected chi connectivity index (χ4v) is 10.6. The van der Waals surface area contributed by atoms with Crippen LogP contribution in [0, 0.1) is 0 Å². The molecule has 5 unspecified atom stereocenters. The van der Waals surface area contributed by atoms with E-state index in [1.54, 1.807) is 0 Å². The predicted octanol–water partition coefficient (Wildman–Crippen LogP) is 20.5. The van der Waals surface area contributed by atoms with Gasteiger partial charge in [-0.1, -0.05) is 232 Å². The molecule has 0 aliphatic rings. The van der Waals surface area contributed by atoms with Crippen LogP contribution >= 0.6 is 15.6 Å². The summed E-state index contributed by atoms with van der Waals surface area (Å²) in [5.41, 5.74) is 0. The number of aliphatic hydroxyl groups is 1. The van der Waals surface area contributed by atoms with E-state index in [9.17, 15) is 43.2 Å². The summed E-state index contributed by atoms with van der Waals surface area (Å²) in [6.45, 7) is 4.41. The van der Waals surface area contributed by atoms with Gasteiger partial charge in [0, 0.05) is 25.7 Å². The summed E-state index contributed by atoms with van der Waals surface area (Å²) in [5, 5.41) is 10.6. The van der Waals surface area contributed by atoms with Crippen LogP contribution in [0.2, 0.25) is 0 Å². The van der Waals surface area contributed by atoms with E-state index >= 15 is 0 Å². The van der Waals surface area contributed by atoms with E-state index in [2.05, 4.69) is 161 Å². The van der Waals surface area contributed by atoms with Crippen LogP contribution in [0.1, 0.15) is 272 Å². The molecule has 548 valence electrons. The first kappa shape index (κ1) is 91.2. The molecule has 0 radical (unpaired) electrons. The van der Waals surface area contributed by atoms with Crippen molar-refractivity contribution < 1.29 is 80.2 Å². The third-order valence-electron chi connectivity index (χ3n) is 14.6. The van der Waals surface area contributed by atoms with Crippen molar-refractivity contribution in [3.05, 3.63) is 134 Å². The number of carbonyl (C=O) groups excluding carboxylic acids is 4. The van der Waals surface area contributed by atoms with Gasteiger partial charge in [0.1, 0.15) is 19.3 Å². The maximum atomic E-state index is 13.0. The molecule has 0 amide bonds. The van der Waals surface area contributed by atoms with Gasteiger partial charge in [-0.15, -0.1) is 0 Å². The Bertz CT molecular complexity index is 2350. The second-order valence-corrected chi connectivity index (χ2v) is 26.7. The summed E-state index contributed by atoms with van der Waals surface area (Å²) < 4.78 is 68.2. The lowest BCUT2D eigenvalue weighted by Gasteiger charge is -2.21. The Balaban J connectivity index is 5.39. The smallest absolute Gasteiger partial charge is 0.462 e. The fourth-order valence-electron chi connectivity index (χ4n) is 9.04. The second kappa shape index (κ2) is 68.7. The van der Waals surface area contributed by atoms with Crippen molar-refractivity contribution in [3.8, 4) is 0 Å². The van der Waals surface area contributed by atoms with Crippen LogP contribution in [-0.4, -0.2) is 96.7 Å². The fraction of sp³-hybridized carbons (Fsp3) is 0.662. The quantitative estimate of drug-likeness (QED) is 0.0169. The number of carbonyl (C=O) groups is 4. The summed E-state index contributed by atoms with van der Waals surface area (Å²) in [4.78, 5) is 72.7. The van der Waals surface area contributed by atoms with Crippen LogP contribution in [0.25, 0.3) is 0 Å². The van der Waals surface area contributed by atoms with Gasteiger partial charge >= 0.3 is 39.5 Å². The Kier molecular flexibility index (Phi) is 65.3. The number of aliphatic hydroxyl groups excluding tert-OH is 1. The molecular formula is C77H128O17P2. The lowest BCUT2D eigenvalue weighted by atomic mass is 10.1. The second-order valence-electron chi connectivity index (χ2n) is 23.8. The van der Waals surface area contributed by atoms with E-state index in [1.165, 1.54) is 12.8 Å². The maximum Gasteiger partial charge on any atom is 0.472 e. The first-order valence-corrected chi connectivity index (χ1v) is 39.4.